The minimum absolute atomic E-state index is 0.319. The number of benzene rings is 2. The topological polar surface area (TPSA) is 31.2 Å². The summed E-state index contributed by atoms with van der Waals surface area (Å²) in [5, 5.41) is 0. The molecule has 2 aromatic carbocycles. The van der Waals surface area contributed by atoms with Gasteiger partial charge in [0, 0.05) is 7.05 Å². The van der Waals surface area contributed by atoms with E-state index in [4.69, 9.17) is 4.74 Å². The third-order valence-electron chi connectivity index (χ3n) is 3.91. The Kier molecular flexibility index (Phi) is 4.86. The second-order valence-corrected chi connectivity index (χ2v) is 6.19. The highest BCUT2D eigenvalue weighted by molar-refractivity contribution is 9.10. The summed E-state index contributed by atoms with van der Waals surface area (Å²) < 4.78 is 8.09. The monoisotopic (exact) mass is 383 g/mol. The van der Waals surface area contributed by atoms with Crippen molar-refractivity contribution in [2.24, 2.45) is 7.05 Å². The van der Waals surface area contributed by atoms with Crippen molar-refractivity contribution in [1.29, 1.82) is 0 Å². The Morgan fingerprint density at radius 2 is 1.46 bits per heavy atom. The number of esters is 1. The van der Waals surface area contributed by atoms with Crippen LogP contribution in [0.3, 0.4) is 0 Å². The van der Waals surface area contributed by atoms with Crippen molar-refractivity contribution >= 4 is 21.9 Å². The highest BCUT2D eigenvalue weighted by atomic mass is 79.9. The van der Waals surface area contributed by atoms with Crippen molar-refractivity contribution in [2.75, 3.05) is 6.61 Å². The molecular formula is C20H18BrNO2. The molecular weight excluding hydrogens is 366 g/mol. The Morgan fingerprint density at radius 1 is 0.958 bits per heavy atom. The Bertz CT molecular complexity index is 854. The molecule has 0 bridgehead atoms. The van der Waals surface area contributed by atoms with Crippen molar-refractivity contribution in [3.05, 3.63) is 70.7 Å². The zero-order valence-corrected chi connectivity index (χ0v) is 15.2. The van der Waals surface area contributed by atoms with E-state index < -0.39 is 0 Å². The Morgan fingerprint density at radius 3 is 1.96 bits per heavy atom. The molecule has 0 atom stereocenters. The van der Waals surface area contributed by atoms with Gasteiger partial charge < -0.3 is 9.30 Å². The van der Waals surface area contributed by atoms with Crippen LogP contribution >= 0.6 is 15.9 Å². The van der Waals surface area contributed by atoms with E-state index in [9.17, 15) is 4.79 Å². The molecule has 3 rings (SSSR count). The second kappa shape index (κ2) is 7.05. The van der Waals surface area contributed by atoms with E-state index in [2.05, 4.69) is 15.9 Å². The molecule has 3 aromatic rings. The fourth-order valence-electron chi connectivity index (χ4n) is 2.89. The van der Waals surface area contributed by atoms with Crippen molar-refractivity contribution in [1.82, 2.24) is 4.57 Å². The maximum Gasteiger partial charge on any atom is 0.341 e. The van der Waals surface area contributed by atoms with E-state index in [1.165, 1.54) is 0 Å². The van der Waals surface area contributed by atoms with Crippen LogP contribution in [-0.2, 0) is 11.8 Å². The smallest absolute Gasteiger partial charge is 0.341 e. The zero-order chi connectivity index (χ0) is 17.1. The number of carbonyl (C=O) groups is 1. The van der Waals surface area contributed by atoms with Gasteiger partial charge >= 0.3 is 5.97 Å². The SMILES string of the molecule is CCOC(=O)c1c(Br)c(-c2ccccc2)n(C)c1-c1ccccc1. The van der Waals surface area contributed by atoms with Crippen LogP contribution < -0.4 is 0 Å². The highest BCUT2D eigenvalue weighted by Crippen LogP contribution is 2.40. The molecule has 24 heavy (non-hydrogen) atoms. The van der Waals surface area contributed by atoms with Crippen LogP contribution in [0.1, 0.15) is 17.3 Å². The molecule has 0 saturated carbocycles. The first kappa shape index (κ1) is 16.5. The van der Waals surface area contributed by atoms with Gasteiger partial charge in [-0.15, -0.1) is 0 Å². The standard InChI is InChI=1S/C20H18BrNO2/c1-3-24-20(23)16-17(21)19(15-12-8-5-9-13-15)22(2)18(16)14-10-6-4-7-11-14/h4-13H,3H2,1-2H3. The molecule has 0 radical (unpaired) electrons. The fourth-order valence-corrected chi connectivity index (χ4v) is 3.73. The minimum Gasteiger partial charge on any atom is -0.462 e. The van der Waals surface area contributed by atoms with Crippen LogP contribution in [0, 0.1) is 0 Å². The van der Waals surface area contributed by atoms with E-state index in [-0.39, 0.29) is 5.97 Å². The van der Waals surface area contributed by atoms with Gasteiger partial charge in [-0.05, 0) is 34.0 Å². The zero-order valence-electron chi connectivity index (χ0n) is 13.6. The van der Waals surface area contributed by atoms with E-state index in [1.54, 1.807) is 0 Å². The van der Waals surface area contributed by atoms with Gasteiger partial charge in [-0.2, -0.15) is 0 Å². The van der Waals surface area contributed by atoms with Crippen LogP contribution in [0.15, 0.2) is 65.1 Å². The lowest BCUT2D eigenvalue weighted by Gasteiger charge is -2.09. The summed E-state index contributed by atoms with van der Waals surface area (Å²) >= 11 is 3.64. The number of carbonyl (C=O) groups excluding carboxylic acids is 1. The predicted molar refractivity (Wildman–Crippen MR) is 99.9 cm³/mol. The maximum atomic E-state index is 12.6. The predicted octanol–water partition coefficient (Wildman–Crippen LogP) is 5.30. The molecule has 122 valence electrons. The van der Waals surface area contributed by atoms with Crippen LogP contribution in [-0.4, -0.2) is 17.1 Å². The average Bonchev–Trinajstić information content (AvgIpc) is 2.87. The first-order valence-electron chi connectivity index (χ1n) is 7.81. The lowest BCUT2D eigenvalue weighted by Crippen LogP contribution is -2.06. The minimum atomic E-state index is -0.319. The molecule has 3 nitrogen and oxygen atoms in total. The summed E-state index contributed by atoms with van der Waals surface area (Å²) in [5.41, 5.74) is 4.38. The van der Waals surface area contributed by atoms with Gasteiger partial charge in [0.15, 0.2) is 0 Å². The molecule has 0 amide bonds. The molecule has 0 spiro atoms. The van der Waals surface area contributed by atoms with Crippen molar-refractivity contribution < 1.29 is 9.53 Å². The summed E-state index contributed by atoms with van der Waals surface area (Å²) in [7, 11) is 1.97. The quantitative estimate of drug-likeness (QED) is 0.572. The Balaban J connectivity index is 2.29. The summed E-state index contributed by atoms with van der Waals surface area (Å²) in [6.45, 7) is 2.16. The van der Waals surface area contributed by atoms with Gasteiger partial charge in [0.25, 0.3) is 0 Å². The lowest BCUT2D eigenvalue weighted by atomic mass is 10.1. The molecule has 0 aliphatic carbocycles. The average molecular weight is 384 g/mol. The van der Waals surface area contributed by atoms with Crippen molar-refractivity contribution in [3.8, 4) is 22.5 Å². The van der Waals surface area contributed by atoms with Crippen LogP contribution in [0.5, 0.6) is 0 Å². The summed E-state index contributed by atoms with van der Waals surface area (Å²) in [4.78, 5) is 12.6. The fraction of sp³-hybridized carbons (Fsp3) is 0.150. The van der Waals surface area contributed by atoms with Crippen molar-refractivity contribution in [3.63, 3.8) is 0 Å². The molecule has 0 unspecified atom stereocenters. The summed E-state index contributed by atoms with van der Waals surface area (Å²) in [6.07, 6.45) is 0. The first-order valence-corrected chi connectivity index (χ1v) is 8.60. The summed E-state index contributed by atoms with van der Waals surface area (Å²) in [5.74, 6) is -0.319. The van der Waals surface area contributed by atoms with Crippen LogP contribution in [0.2, 0.25) is 0 Å². The highest BCUT2D eigenvalue weighted by Gasteiger charge is 2.27. The number of ether oxygens (including phenoxy) is 1. The molecule has 1 aromatic heterocycles. The van der Waals surface area contributed by atoms with E-state index >= 15 is 0 Å². The van der Waals surface area contributed by atoms with Gasteiger partial charge in [-0.25, -0.2) is 4.79 Å². The second-order valence-electron chi connectivity index (χ2n) is 5.40. The lowest BCUT2D eigenvalue weighted by molar-refractivity contribution is 0.0526. The normalized spacial score (nSPS) is 10.6. The molecule has 0 N–H and O–H groups in total. The molecule has 1 heterocycles. The molecule has 0 fully saturated rings. The number of hydrogen-bond donors (Lipinski definition) is 0. The number of rotatable bonds is 4. The van der Waals surface area contributed by atoms with Gasteiger partial charge in [0.2, 0.25) is 0 Å². The van der Waals surface area contributed by atoms with Crippen molar-refractivity contribution in [2.45, 2.75) is 6.92 Å². The van der Waals surface area contributed by atoms with E-state index in [0.29, 0.717) is 12.2 Å². The molecule has 0 aliphatic heterocycles. The van der Waals surface area contributed by atoms with Gasteiger partial charge in [-0.3, -0.25) is 0 Å². The van der Waals surface area contributed by atoms with Gasteiger partial charge in [-0.1, -0.05) is 60.7 Å². The number of nitrogens with zero attached hydrogens (tertiary/aromatic N) is 1. The van der Waals surface area contributed by atoms with Gasteiger partial charge in [0.1, 0.15) is 5.56 Å². The molecule has 4 heteroatoms. The third-order valence-corrected chi connectivity index (χ3v) is 4.68. The third kappa shape index (κ3) is 2.89. The number of aromatic nitrogens is 1. The first-order chi connectivity index (χ1) is 11.6. The maximum absolute atomic E-state index is 12.6. The number of hydrogen-bond acceptors (Lipinski definition) is 2. The van der Waals surface area contributed by atoms with Gasteiger partial charge in [0.05, 0.1) is 22.5 Å². The molecule has 0 saturated heterocycles. The van der Waals surface area contributed by atoms with Crippen LogP contribution in [0.25, 0.3) is 22.5 Å². The number of halogens is 1. The van der Waals surface area contributed by atoms with E-state index in [1.807, 2.05) is 79.2 Å². The van der Waals surface area contributed by atoms with E-state index in [0.717, 1.165) is 27.0 Å². The largest absolute Gasteiger partial charge is 0.462 e. The molecule has 0 aliphatic rings. The Labute approximate surface area is 150 Å². The Hall–Kier alpha value is -2.33. The van der Waals surface area contributed by atoms with Crippen LogP contribution in [0.4, 0.5) is 0 Å². The summed E-state index contributed by atoms with van der Waals surface area (Å²) in [6, 6.07) is 19.9.